The van der Waals surface area contributed by atoms with Gasteiger partial charge in [0.05, 0.1) is 0 Å². The highest BCUT2D eigenvalue weighted by molar-refractivity contribution is 5.82. The molecular formula is C24H48N6O2. The lowest BCUT2D eigenvalue weighted by Gasteiger charge is -2.37. The molecule has 8 nitrogen and oxygen atoms in total. The van der Waals surface area contributed by atoms with Gasteiger partial charge in [-0.1, -0.05) is 34.6 Å². The minimum Gasteiger partial charge on any atom is -0.354 e. The smallest absolute Gasteiger partial charge is 0.225 e. The van der Waals surface area contributed by atoms with E-state index in [9.17, 15) is 9.59 Å². The van der Waals surface area contributed by atoms with Crippen LogP contribution >= 0.6 is 0 Å². The van der Waals surface area contributed by atoms with Gasteiger partial charge in [-0.3, -0.25) is 9.59 Å². The molecule has 2 aliphatic rings. The Morgan fingerprint density at radius 2 is 1.66 bits per heavy atom. The number of amides is 2. The molecule has 2 amide bonds. The fourth-order valence-corrected chi connectivity index (χ4v) is 4.93. The average molecular weight is 453 g/mol. The summed E-state index contributed by atoms with van der Waals surface area (Å²) in [6.45, 7) is 16.2. The molecule has 0 aromatic carbocycles. The predicted octanol–water partition coefficient (Wildman–Crippen LogP) is 0.700. The van der Waals surface area contributed by atoms with Crippen molar-refractivity contribution in [2.45, 2.75) is 97.4 Å². The van der Waals surface area contributed by atoms with E-state index in [-0.39, 0.29) is 59.3 Å². The molecule has 2 fully saturated rings. The van der Waals surface area contributed by atoms with Crippen molar-refractivity contribution in [3.8, 4) is 0 Å². The maximum atomic E-state index is 13.0. The standard InChI is InChI=1S/C24H48N6O2/c1-14(2)21(31)28-13-18-10-19(24(6,7)26)20(30-18)8-15(3)23(4,5)22(32)29-12-17-9-16(25)11-27-17/h14-20,27,30H,8-13,25-26H2,1-7H3,(H,28,31)(H,29,32)/t15?,16-,17-,18-,19?,20?/m0/s1. The third-order valence-electron chi connectivity index (χ3n) is 7.67. The Hall–Kier alpha value is -1.22. The average Bonchev–Trinajstić information content (AvgIpc) is 3.29. The Kier molecular flexibility index (Phi) is 9.13. The minimum absolute atomic E-state index is 0.0246. The summed E-state index contributed by atoms with van der Waals surface area (Å²) in [5.74, 6) is 0.558. The predicted molar refractivity (Wildman–Crippen MR) is 130 cm³/mol. The zero-order valence-corrected chi connectivity index (χ0v) is 21.3. The van der Waals surface area contributed by atoms with Gasteiger partial charge < -0.3 is 32.7 Å². The molecule has 8 N–H and O–H groups in total. The van der Waals surface area contributed by atoms with E-state index in [2.05, 4.69) is 42.0 Å². The third kappa shape index (κ3) is 7.14. The highest BCUT2D eigenvalue weighted by Crippen LogP contribution is 2.37. The van der Waals surface area contributed by atoms with Crippen LogP contribution in [0.1, 0.15) is 67.7 Å². The number of hydrogen-bond donors (Lipinski definition) is 6. The first-order chi connectivity index (χ1) is 14.7. The van der Waals surface area contributed by atoms with Crippen LogP contribution in [0.5, 0.6) is 0 Å². The van der Waals surface area contributed by atoms with Crippen molar-refractivity contribution in [1.82, 2.24) is 21.3 Å². The first kappa shape index (κ1) is 27.0. The summed E-state index contributed by atoms with van der Waals surface area (Å²) in [6.07, 6.45) is 2.66. The molecule has 186 valence electrons. The summed E-state index contributed by atoms with van der Waals surface area (Å²) < 4.78 is 0. The van der Waals surface area contributed by atoms with E-state index in [0.29, 0.717) is 13.1 Å². The lowest BCUT2D eigenvalue weighted by molar-refractivity contribution is -0.132. The zero-order valence-electron chi connectivity index (χ0n) is 21.3. The summed E-state index contributed by atoms with van der Waals surface area (Å²) >= 11 is 0. The summed E-state index contributed by atoms with van der Waals surface area (Å²) in [6, 6.07) is 0.817. The molecule has 2 aliphatic heterocycles. The van der Waals surface area contributed by atoms with Gasteiger partial charge >= 0.3 is 0 Å². The van der Waals surface area contributed by atoms with Crippen LogP contribution in [0.4, 0.5) is 0 Å². The van der Waals surface area contributed by atoms with Gasteiger partial charge in [-0.05, 0) is 44.9 Å². The fourth-order valence-electron chi connectivity index (χ4n) is 4.93. The van der Waals surface area contributed by atoms with Crippen molar-refractivity contribution >= 4 is 11.8 Å². The molecule has 0 aromatic heterocycles. The molecule has 0 aliphatic carbocycles. The normalized spacial score (nSPS) is 29.9. The van der Waals surface area contributed by atoms with Gasteiger partial charge in [-0.25, -0.2) is 0 Å². The van der Waals surface area contributed by atoms with E-state index in [1.54, 1.807) is 0 Å². The highest BCUT2D eigenvalue weighted by atomic mass is 16.2. The molecule has 0 saturated carbocycles. The molecule has 0 radical (unpaired) electrons. The van der Waals surface area contributed by atoms with E-state index in [1.165, 1.54) is 0 Å². The summed E-state index contributed by atoms with van der Waals surface area (Å²) in [4.78, 5) is 25.0. The molecule has 0 bridgehead atoms. The monoisotopic (exact) mass is 452 g/mol. The van der Waals surface area contributed by atoms with Gasteiger partial charge in [-0.15, -0.1) is 0 Å². The number of carbonyl (C=O) groups excluding carboxylic acids is 2. The van der Waals surface area contributed by atoms with Gasteiger partial charge in [-0.2, -0.15) is 0 Å². The van der Waals surface area contributed by atoms with Crippen molar-refractivity contribution in [3.05, 3.63) is 0 Å². The van der Waals surface area contributed by atoms with E-state index >= 15 is 0 Å². The lowest BCUT2D eigenvalue weighted by Crippen LogP contribution is -2.50. The quantitative estimate of drug-likeness (QED) is 0.289. The lowest BCUT2D eigenvalue weighted by atomic mass is 9.72. The number of nitrogens with two attached hydrogens (primary N) is 2. The van der Waals surface area contributed by atoms with Crippen LogP contribution in [-0.2, 0) is 9.59 Å². The topological polar surface area (TPSA) is 134 Å². The van der Waals surface area contributed by atoms with Gasteiger partial charge in [0.2, 0.25) is 11.8 Å². The van der Waals surface area contributed by atoms with Crippen LogP contribution in [0.25, 0.3) is 0 Å². The van der Waals surface area contributed by atoms with Crippen molar-refractivity contribution in [2.75, 3.05) is 19.6 Å². The molecule has 0 aromatic rings. The first-order valence-corrected chi connectivity index (χ1v) is 12.3. The number of rotatable bonds is 10. The first-order valence-electron chi connectivity index (χ1n) is 12.3. The number of nitrogens with one attached hydrogen (secondary N) is 4. The van der Waals surface area contributed by atoms with Crippen molar-refractivity contribution in [1.29, 1.82) is 0 Å². The molecule has 3 unspecified atom stereocenters. The van der Waals surface area contributed by atoms with Crippen LogP contribution in [0.15, 0.2) is 0 Å². The van der Waals surface area contributed by atoms with Crippen molar-refractivity contribution < 1.29 is 9.59 Å². The van der Waals surface area contributed by atoms with Gasteiger partial charge in [0.25, 0.3) is 0 Å². The van der Waals surface area contributed by atoms with Crippen LogP contribution < -0.4 is 32.7 Å². The van der Waals surface area contributed by atoms with Crippen molar-refractivity contribution in [2.24, 2.45) is 34.6 Å². The van der Waals surface area contributed by atoms with Gasteiger partial charge in [0.1, 0.15) is 0 Å². The maximum absolute atomic E-state index is 13.0. The van der Waals surface area contributed by atoms with E-state index in [4.69, 9.17) is 11.5 Å². The molecular weight excluding hydrogens is 404 g/mol. The Bertz CT molecular complexity index is 645. The third-order valence-corrected chi connectivity index (χ3v) is 7.67. The van der Waals surface area contributed by atoms with Gasteiger partial charge in [0.15, 0.2) is 0 Å². The Morgan fingerprint density at radius 1 is 1.03 bits per heavy atom. The Labute approximate surface area is 194 Å². The molecule has 2 rings (SSSR count). The largest absolute Gasteiger partial charge is 0.354 e. The van der Waals surface area contributed by atoms with E-state index in [0.717, 1.165) is 25.8 Å². The van der Waals surface area contributed by atoms with E-state index in [1.807, 2.05) is 27.7 Å². The van der Waals surface area contributed by atoms with Crippen LogP contribution in [0, 0.1) is 23.2 Å². The summed E-state index contributed by atoms with van der Waals surface area (Å²) in [7, 11) is 0. The molecule has 0 spiro atoms. The Morgan fingerprint density at radius 3 is 2.19 bits per heavy atom. The molecule has 6 atom stereocenters. The Balaban J connectivity index is 1.95. The zero-order chi connectivity index (χ0) is 24.3. The fraction of sp³-hybridized carbons (Fsp3) is 0.917. The highest BCUT2D eigenvalue weighted by Gasteiger charge is 2.44. The van der Waals surface area contributed by atoms with Crippen LogP contribution in [0.3, 0.4) is 0 Å². The second-order valence-corrected chi connectivity index (χ2v) is 11.7. The van der Waals surface area contributed by atoms with Crippen LogP contribution in [-0.4, -0.2) is 61.2 Å². The van der Waals surface area contributed by atoms with Crippen LogP contribution in [0.2, 0.25) is 0 Å². The minimum atomic E-state index is -0.504. The SMILES string of the molecule is CC(C)C(=O)NC[C@@H]1CC(C(C)(C)N)C(CC(C)C(C)(C)C(=O)NC[C@@H]2C[C@H](N)CN2)N1. The molecule has 32 heavy (non-hydrogen) atoms. The maximum Gasteiger partial charge on any atom is 0.225 e. The molecule has 2 heterocycles. The van der Waals surface area contributed by atoms with Crippen molar-refractivity contribution in [3.63, 3.8) is 0 Å². The van der Waals surface area contributed by atoms with E-state index < -0.39 is 5.41 Å². The molecule has 8 heteroatoms. The second-order valence-electron chi connectivity index (χ2n) is 11.7. The number of carbonyl (C=O) groups is 2. The second kappa shape index (κ2) is 10.8. The molecule has 2 saturated heterocycles. The number of hydrogen-bond acceptors (Lipinski definition) is 6. The van der Waals surface area contributed by atoms with Gasteiger partial charge in [0, 0.05) is 60.7 Å². The summed E-state index contributed by atoms with van der Waals surface area (Å²) in [5.41, 5.74) is 11.7. The summed E-state index contributed by atoms with van der Waals surface area (Å²) in [5, 5.41) is 13.3.